The highest BCUT2D eigenvalue weighted by molar-refractivity contribution is 6.07. The summed E-state index contributed by atoms with van der Waals surface area (Å²) in [7, 11) is 1.77. The number of carbonyl (C=O) groups is 2. The molecule has 4 aromatic rings. The van der Waals surface area contributed by atoms with Crippen LogP contribution in [0.4, 0.5) is 11.4 Å². The van der Waals surface area contributed by atoms with E-state index in [1.165, 1.54) is 4.68 Å². The van der Waals surface area contributed by atoms with E-state index in [1.807, 2.05) is 42.5 Å². The molecule has 0 aliphatic heterocycles. The van der Waals surface area contributed by atoms with Gasteiger partial charge in [-0.25, -0.2) is 4.68 Å². The summed E-state index contributed by atoms with van der Waals surface area (Å²) >= 11 is 0. The first-order chi connectivity index (χ1) is 18.7. The predicted molar refractivity (Wildman–Crippen MR) is 162 cm³/mol. The zero-order valence-corrected chi connectivity index (χ0v) is 24.5. The number of hydrogen-bond donors (Lipinski definition) is 2. The molecule has 2 N–H and O–H groups in total. The van der Waals surface area contributed by atoms with Gasteiger partial charge in [-0.2, -0.15) is 0 Å². The van der Waals surface area contributed by atoms with E-state index in [4.69, 9.17) is 0 Å². The Bertz CT molecular complexity index is 1600. The molecule has 2 amide bonds. The van der Waals surface area contributed by atoms with Crippen molar-refractivity contribution in [3.8, 4) is 5.69 Å². The number of amides is 2. The van der Waals surface area contributed by atoms with Crippen LogP contribution < -0.4 is 16.2 Å². The van der Waals surface area contributed by atoms with Crippen molar-refractivity contribution in [3.63, 3.8) is 0 Å². The number of carbonyl (C=O) groups excluding carboxylic acids is 2. The van der Waals surface area contributed by atoms with Gasteiger partial charge in [0.25, 0.3) is 17.4 Å². The monoisotopic (exact) mass is 538 g/mol. The van der Waals surface area contributed by atoms with Gasteiger partial charge in [0.15, 0.2) is 0 Å². The maximum absolute atomic E-state index is 13.4. The highest BCUT2D eigenvalue weighted by Crippen LogP contribution is 2.30. The number of rotatable bonds is 5. The molecule has 0 bridgehead atoms. The summed E-state index contributed by atoms with van der Waals surface area (Å²) in [5.74, 6) is -0.689. The summed E-state index contributed by atoms with van der Waals surface area (Å²) < 4.78 is 3.22. The smallest absolute Gasteiger partial charge is 0.295 e. The summed E-state index contributed by atoms with van der Waals surface area (Å²) in [6.07, 6.45) is 0. The fourth-order valence-corrected chi connectivity index (χ4v) is 4.46. The number of benzene rings is 3. The molecule has 0 atom stereocenters. The second-order valence-corrected chi connectivity index (χ2v) is 12.2. The van der Waals surface area contributed by atoms with Crippen LogP contribution in [-0.4, -0.2) is 21.2 Å². The van der Waals surface area contributed by atoms with Crippen molar-refractivity contribution in [2.24, 2.45) is 7.05 Å². The van der Waals surface area contributed by atoms with Gasteiger partial charge >= 0.3 is 0 Å². The summed E-state index contributed by atoms with van der Waals surface area (Å²) in [6, 6.07) is 22.0. The van der Waals surface area contributed by atoms with Gasteiger partial charge in [0.1, 0.15) is 5.69 Å². The molecule has 0 aliphatic carbocycles. The topological polar surface area (TPSA) is 85.1 Å². The Morgan fingerprint density at radius 1 is 0.700 bits per heavy atom. The van der Waals surface area contributed by atoms with Crippen LogP contribution in [0, 0.1) is 6.92 Å². The third-order valence-corrected chi connectivity index (χ3v) is 7.10. The molecule has 40 heavy (non-hydrogen) atoms. The largest absolute Gasteiger partial charge is 0.322 e. The molecule has 3 aromatic carbocycles. The number of aromatic nitrogens is 2. The molecule has 4 rings (SSSR count). The highest BCUT2D eigenvalue weighted by Gasteiger charge is 2.23. The van der Waals surface area contributed by atoms with E-state index in [1.54, 1.807) is 42.9 Å². The predicted octanol–water partition coefficient (Wildman–Crippen LogP) is 6.58. The summed E-state index contributed by atoms with van der Waals surface area (Å²) in [5, 5.41) is 5.72. The van der Waals surface area contributed by atoms with E-state index in [-0.39, 0.29) is 28.0 Å². The molecular weight excluding hydrogens is 500 g/mol. The van der Waals surface area contributed by atoms with E-state index < -0.39 is 5.91 Å². The molecular formula is C33H38N4O3. The Kier molecular flexibility index (Phi) is 7.61. The van der Waals surface area contributed by atoms with Gasteiger partial charge in [-0.15, -0.1) is 0 Å². The summed E-state index contributed by atoms with van der Waals surface area (Å²) in [5.41, 5.74) is 4.51. The third-order valence-electron chi connectivity index (χ3n) is 7.10. The van der Waals surface area contributed by atoms with Crippen molar-refractivity contribution in [1.82, 2.24) is 9.36 Å². The van der Waals surface area contributed by atoms with Crippen molar-refractivity contribution in [3.05, 3.63) is 111 Å². The van der Waals surface area contributed by atoms with E-state index in [2.05, 4.69) is 58.2 Å². The SMILES string of the molecule is Cc1c(NC(=O)c2cccc(NC(=O)c3cc(C(C)(C)C)cc(C(C)(C)C)c3)c2)c(=O)n(-c2ccccc2)n1C. The first-order valence-electron chi connectivity index (χ1n) is 13.4. The Balaban J connectivity index is 1.59. The molecule has 7 heteroatoms. The van der Waals surface area contributed by atoms with Crippen molar-refractivity contribution in [2.45, 2.75) is 59.3 Å². The third kappa shape index (κ3) is 5.93. The lowest BCUT2D eigenvalue weighted by atomic mass is 9.79. The first kappa shape index (κ1) is 28.6. The molecule has 208 valence electrons. The molecule has 0 saturated carbocycles. The van der Waals surface area contributed by atoms with Gasteiger partial charge in [0.2, 0.25) is 0 Å². The summed E-state index contributed by atoms with van der Waals surface area (Å²) in [4.78, 5) is 39.8. The minimum atomic E-state index is -0.438. The Hall–Kier alpha value is -4.39. The Morgan fingerprint density at radius 2 is 1.27 bits per heavy atom. The lowest BCUT2D eigenvalue weighted by molar-refractivity contribution is 0.101. The van der Waals surface area contributed by atoms with Crippen LogP contribution in [0.3, 0.4) is 0 Å². The molecule has 0 spiro atoms. The normalized spacial score (nSPS) is 11.8. The van der Waals surface area contributed by atoms with Crippen LogP contribution >= 0.6 is 0 Å². The number of nitrogens with one attached hydrogen (secondary N) is 2. The van der Waals surface area contributed by atoms with Crippen molar-refractivity contribution in [1.29, 1.82) is 0 Å². The second-order valence-electron chi connectivity index (χ2n) is 12.2. The molecule has 0 radical (unpaired) electrons. The van der Waals surface area contributed by atoms with Gasteiger partial charge in [-0.05, 0) is 71.3 Å². The van der Waals surface area contributed by atoms with Crippen molar-refractivity contribution in [2.75, 3.05) is 10.6 Å². The average Bonchev–Trinajstić information content (AvgIpc) is 3.10. The van der Waals surface area contributed by atoms with Crippen LogP contribution in [0.2, 0.25) is 0 Å². The van der Waals surface area contributed by atoms with Crippen LogP contribution in [0.15, 0.2) is 77.6 Å². The van der Waals surface area contributed by atoms with E-state index in [0.29, 0.717) is 28.2 Å². The lowest BCUT2D eigenvalue weighted by Crippen LogP contribution is -2.23. The fraction of sp³-hybridized carbons (Fsp3) is 0.303. The molecule has 0 aliphatic rings. The Morgan fingerprint density at radius 3 is 1.85 bits per heavy atom. The standard InChI is InChI=1S/C33H38N4O3/c1-21-28(31(40)37(36(21)8)27-15-10-9-11-16-27)35-29(38)22-13-12-14-26(19-22)34-30(39)23-17-24(32(2,3)4)20-25(18-23)33(5,6)7/h9-20H,1-8H3,(H,34,39)(H,35,38). The molecule has 0 fully saturated rings. The number of para-hydroxylation sites is 1. The van der Waals surface area contributed by atoms with Gasteiger partial charge in [0, 0.05) is 23.9 Å². The zero-order chi connectivity index (χ0) is 29.4. The minimum Gasteiger partial charge on any atom is -0.322 e. The fourth-order valence-electron chi connectivity index (χ4n) is 4.46. The quantitative estimate of drug-likeness (QED) is 0.301. The number of nitrogens with zero attached hydrogens (tertiary/aromatic N) is 2. The zero-order valence-electron chi connectivity index (χ0n) is 24.5. The van der Waals surface area contributed by atoms with Gasteiger partial charge in [0.05, 0.1) is 11.4 Å². The molecule has 7 nitrogen and oxygen atoms in total. The maximum Gasteiger partial charge on any atom is 0.295 e. The molecule has 1 aromatic heterocycles. The van der Waals surface area contributed by atoms with Crippen LogP contribution in [0.1, 0.15) is 79.1 Å². The number of anilines is 2. The van der Waals surface area contributed by atoms with Crippen LogP contribution in [0.5, 0.6) is 0 Å². The highest BCUT2D eigenvalue weighted by atomic mass is 16.2. The lowest BCUT2D eigenvalue weighted by Gasteiger charge is -2.26. The van der Waals surface area contributed by atoms with Crippen LogP contribution in [0.25, 0.3) is 5.69 Å². The van der Waals surface area contributed by atoms with Gasteiger partial charge in [-0.3, -0.25) is 19.1 Å². The van der Waals surface area contributed by atoms with E-state index in [9.17, 15) is 14.4 Å². The van der Waals surface area contributed by atoms with E-state index >= 15 is 0 Å². The molecule has 1 heterocycles. The maximum atomic E-state index is 13.4. The van der Waals surface area contributed by atoms with Crippen LogP contribution in [-0.2, 0) is 17.9 Å². The first-order valence-corrected chi connectivity index (χ1v) is 13.4. The van der Waals surface area contributed by atoms with Crippen molar-refractivity contribution >= 4 is 23.2 Å². The molecule has 0 saturated heterocycles. The van der Waals surface area contributed by atoms with Gasteiger partial charge in [-0.1, -0.05) is 71.9 Å². The van der Waals surface area contributed by atoms with E-state index in [0.717, 1.165) is 11.1 Å². The summed E-state index contributed by atoms with van der Waals surface area (Å²) in [6.45, 7) is 14.5. The number of hydrogen-bond acceptors (Lipinski definition) is 3. The Labute approximate surface area is 235 Å². The van der Waals surface area contributed by atoms with Gasteiger partial charge < -0.3 is 10.6 Å². The van der Waals surface area contributed by atoms with Crippen molar-refractivity contribution < 1.29 is 9.59 Å². The second kappa shape index (κ2) is 10.6. The minimum absolute atomic E-state index is 0.122. The average molecular weight is 539 g/mol. The molecule has 0 unspecified atom stereocenters.